The first-order valence-electron chi connectivity index (χ1n) is 4.91. The molecule has 3 heteroatoms. The third-order valence-corrected chi connectivity index (χ3v) is 2.55. The average molecular weight is 190 g/mol. The minimum atomic E-state index is -0.144. The van der Waals surface area contributed by atoms with Crippen LogP contribution in [-0.2, 0) is 11.2 Å². The summed E-state index contributed by atoms with van der Waals surface area (Å²) in [5.41, 5.74) is 3.14. The fourth-order valence-corrected chi connectivity index (χ4v) is 1.69. The van der Waals surface area contributed by atoms with Crippen molar-refractivity contribution in [2.45, 2.75) is 26.3 Å². The molecule has 3 nitrogen and oxygen atoms in total. The number of anilines is 2. The van der Waals surface area contributed by atoms with Crippen molar-refractivity contribution in [3.63, 3.8) is 0 Å². The molecule has 14 heavy (non-hydrogen) atoms. The largest absolute Gasteiger partial charge is 0.372 e. The Labute approximate surface area is 83.5 Å². The average Bonchev–Trinajstić information content (AvgIpc) is 2.19. The molecule has 1 aliphatic heterocycles. The lowest BCUT2D eigenvalue weighted by atomic mass is 10.1. The van der Waals surface area contributed by atoms with Gasteiger partial charge in [0.15, 0.2) is 0 Å². The number of para-hydroxylation sites is 1. The number of hydrogen-bond acceptors (Lipinski definition) is 2. The van der Waals surface area contributed by atoms with Gasteiger partial charge in [0.25, 0.3) is 0 Å². The van der Waals surface area contributed by atoms with Crippen LogP contribution in [0.25, 0.3) is 0 Å². The van der Waals surface area contributed by atoms with E-state index in [9.17, 15) is 4.79 Å². The number of carbonyl (C=O) groups is 1. The molecular weight excluding hydrogens is 176 g/mol. The van der Waals surface area contributed by atoms with Crippen LogP contribution in [0.4, 0.5) is 11.4 Å². The van der Waals surface area contributed by atoms with Crippen molar-refractivity contribution in [3.8, 4) is 0 Å². The minimum Gasteiger partial charge on any atom is -0.372 e. The monoisotopic (exact) mass is 190 g/mol. The second kappa shape index (κ2) is 3.33. The Balaban J connectivity index is 2.46. The van der Waals surface area contributed by atoms with E-state index < -0.39 is 0 Å². The number of fused-ring (bicyclic) bond motifs is 1. The summed E-state index contributed by atoms with van der Waals surface area (Å²) < 4.78 is 0. The highest BCUT2D eigenvalue weighted by molar-refractivity contribution is 6.03. The minimum absolute atomic E-state index is 0.0402. The van der Waals surface area contributed by atoms with Crippen molar-refractivity contribution >= 4 is 17.3 Å². The third kappa shape index (κ3) is 1.35. The van der Waals surface area contributed by atoms with Crippen molar-refractivity contribution in [2.24, 2.45) is 0 Å². The summed E-state index contributed by atoms with van der Waals surface area (Å²) in [7, 11) is 0. The Hall–Kier alpha value is -1.51. The topological polar surface area (TPSA) is 41.1 Å². The number of aryl methyl sites for hydroxylation is 1. The van der Waals surface area contributed by atoms with Crippen LogP contribution >= 0.6 is 0 Å². The summed E-state index contributed by atoms with van der Waals surface area (Å²) in [4.78, 5) is 11.5. The maximum absolute atomic E-state index is 11.5. The molecule has 1 unspecified atom stereocenters. The molecule has 0 aliphatic carbocycles. The predicted octanol–water partition coefficient (Wildman–Crippen LogP) is 2.00. The van der Waals surface area contributed by atoms with Gasteiger partial charge in [-0.3, -0.25) is 4.79 Å². The van der Waals surface area contributed by atoms with Gasteiger partial charge in [-0.05, 0) is 25.0 Å². The van der Waals surface area contributed by atoms with E-state index in [-0.39, 0.29) is 11.9 Å². The zero-order chi connectivity index (χ0) is 10.1. The van der Waals surface area contributed by atoms with Gasteiger partial charge in [0.1, 0.15) is 6.04 Å². The molecular formula is C11H14N2O. The first-order valence-corrected chi connectivity index (χ1v) is 4.91. The fourth-order valence-electron chi connectivity index (χ4n) is 1.69. The Morgan fingerprint density at radius 1 is 1.43 bits per heavy atom. The molecule has 0 saturated carbocycles. The molecule has 0 bridgehead atoms. The fraction of sp³-hybridized carbons (Fsp3) is 0.364. The number of carbonyl (C=O) groups excluding carboxylic acids is 1. The van der Waals surface area contributed by atoms with Crippen molar-refractivity contribution in [2.75, 3.05) is 10.6 Å². The first kappa shape index (κ1) is 9.06. The van der Waals surface area contributed by atoms with Gasteiger partial charge in [-0.2, -0.15) is 0 Å². The molecule has 0 spiro atoms. The molecule has 1 atom stereocenters. The highest BCUT2D eigenvalue weighted by Crippen LogP contribution is 2.30. The van der Waals surface area contributed by atoms with Crippen molar-refractivity contribution in [1.29, 1.82) is 0 Å². The van der Waals surface area contributed by atoms with Crippen LogP contribution in [0.5, 0.6) is 0 Å². The zero-order valence-electron chi connectivity index (χ0n) is 8.42. The molecule has 0 fully saturated rings. The Morgan fingerprint density at radius 3 is 2.93 bits per heavy atom. The summed E-state index contributed by atoms with van der Waals surface area (Å²) >= 11 is 0. The van der Waals surface area contributed by atoms with Crippen LogP contribution in [0, 0.1) is 0 Å². The van der Waals surface area contributed by atoms with Crippen LogP contribution < -0.4 is 10.6 Å². The molecule has 0 aromatic heterocycles. The number of benzene rings is 1. The van der Waals surface area contributed by atoms with Gasteiger partial charge >= 0.3 is 0 Å². The van der Waals surface area contributed by atoms with Crippen LogP contribution in [0.1, 0.15) is 19.4 Å². The van der Waals surface area contributed by atoms with Crippen molar-refractivity contribution < 1.29 is 4.79 Å². The Kier molecular flexibility index (Phi) is 2.15. The van der Waals surface area contributed by atoms with Gasteiger partial charge in [0.2, 0.25) is 5.91 Å². The van der Waals surface area contributed by atoms with E-state index in [1.54, 1.807) is 0 Å². The molecule has 0 saturated heterocycles. The molecule has 2 N–H and O–H groups in total. The normalized spacial score (nSPS) is 19.6. The lowest BCUT2D eigenvalue weighted by Crippen LogP contribution is -2.36. The molecule has 2 rings (SSSR count). The number of amides is 1. The molecule has 1 aliphatic rings. The highest BCUT2D eigenvalue weighted by Gasteiger charge is 2.22. The zero-order valence-corrected chi connectivity index (χ0v) is 8.42. The van der Waals surface area contributed by atoms with Gasteiger partial charge < -0.3 is 10.6 Å². The van der Waals surface area contributed by atoms with E-state index in [1.165, 1.54) is 5.56 Å². The summed E-state index contributed by atoms with van der Waals surface area (Å²) in [6, 6.07) is 5.89. The molecule has 1 amide bonds. The molecule has 1 aromatic rings. The number of rotatable bonds is 1. The van der Waals surface area contributed by atoms with E-state index in [0.29, 0.717) is 0 Å². The van der Waals surface area contributed by atoms with Crippen LogP contribution in [0.15, 0.2) is 18.2 Å². The number of nitrogens with one attached hydrogen (secondary N) is 2. The lowest BCUT2D eigenvalue weighted by molar-refractivity contribution is -0.116. The smallest absolute Gasteiger partial charge is 0.246 e. The maximum Gasteiger partial charge on any atom is 0.246 e. The van der Waals surface area contributed by atoms with E-state index in [4.69, 9.17) is 0 Å². The van der Waals surface area contributed by atoms with E-state index >= 15 is 0 Å². The predicted molar refractivity (Wildman–Crippen MR) is 57.5 cm³/mol. The maximum atomic E-state index is 11.5. The van der Waals surface area contributed by atoms with Crippen molar-refractivity contribution in [3.05, 3.63) is 23.8 Å². The SMILES string of the molecule is CCc1cccc2c1NC(=O)C(C)N2. The highest BCUT2D eigenvalue weighted by atomic mass is 16.2. The summed E-state index contributed by atoms with van der Waals surface area (Å²) in [5, 5.41) is 6.10. The second-order valence-electron chi connectivity index (χ2n) is 3.55. The molecule has 1 aromatic carbocycles. The second-order valence-corrected chi connectivity index (χ2v) is 3.55. The lowest BCUT2D eigenvalue weighted by Gasteiger charge is -2.25. The third-order valence-electron chi connectivity index (χ3n) is 2.55. The van der Waals surface area contributed by atoms with Gasteiger partial charge in [-0.1, -0.05) is 19.1 Å². The molecule has 0 radical (unpaired) electrons. The summed E-state index contributed by atoms with van der Waals surface area (Å²) in [6.45, 7) is 3.94. The van der Waals surface area contributed by atoms with Gasteiger partial charge in [-0.25, -0.2) is 0 Å². The quantitative estimate of drug-likeness (QED) is 0.711. The van der Waals surface area contributed by atoms with E-state index in [2.05, 4.69) is 17.6 Å². The van der Waals surface area contributed by atoms with Crippen molar-refractivity contribution in [1.82, 2.24) is 0 Å². The Morgan fingerprint density at radius 2 is 2.21 bits per heavy atom. The summed E-state index contributed by atoms with van der Waals surface area (Å²) in [6.07, 6.45) is 0.930. The Bertz CT molecular complexity index is 374. The van der Waals surface area contributed by atoms with E-state index in [0.717, 1.165) is 17.8 Å². The van der Waals surface area contributed by atoms with Crippen LogP contribution in [0.3, 0.4) is 0 Å². The van der Waals surface area contributed by atoms with Crippen LogP contribution in [0.2, 0.25) is 0 Å². The van der Waals surface area contributed by atoms with Gasteiger partial charge in [0.05, 0.1) is 11.4 Å². The molecule has 74 valence electrons. The molecule has 1 heterocycles. The van der Waals surface area contributed by atoms with Gasteiger partial charge in [-0.15, -0.1) is 0 Å². The summed E-state index contributed by atoms with van der Waals surface area (Å²) in [5.74, 6) is 0.0402. The first-order chi connectivity index (χ1) is 6.72. The van der Waals surface area contributed by atoms with Crippen LogP contribution in [-0.4, -0.2) is 11.9 Å². The van der Waals surface area contributed by atoms with Gasteiger partial charge in [0, 0.05) is 0 Å². The number of hydrogen-bond donors (Lipinski definition) is 2. The van der Waals surface area contributed by atoms with E-state index in [1.807, 2.05) is 25.1 Å². The standard InChI is InChI=1S/C11H14N2O/c1-3-8-5-4-6-9-10(8)13-11(14)7(2)12-9/h4-7,12H,3H2,1-2H3,(H,13,14).